The molecule has 2 heterocycles. The van der Waals surface area contributed by atoms with Crippen LogP contribution < -0.4 is 5.32 Å². The number of hydrogen-bond acceptors (Lipinski definition) is 3. The van der Waals surface area contributed by atoms with E-state index in [9.17, 15) is 8.78 Å². The summed E-state index contributed by atoms with van der Waals surface area (Å²) < 4.78 is 27.1. The highest BCUT2D eigenvalue weighted by molar-refractivity contribution is 5.85. The van der Waals surface area contributed by atoms with E-state index < -0.39 is 6.55 Å². The zero-order chi connectivity index (χ0) is 13.1. The van der Waals surface area contributed by atoms with Crippen LogP contribution in [0.25, 0.3) is 0 Å². The normalized spacial score (nSPS) is 10.8. The standard InChI is InChI=1S/C11H15F2N5.ClH/c1-8(2)18-9(3-5-15-18)7-14-10-4-6-17(16-10)11(12)13;/h3-6,8,11H,7H2,1-2H3,(H,14,16);1H. The molecule has 0 saturated carbocycles. The zero-order valence-electron chi connectivity index (χ0n) is 10.6. The molecule has 5 nitrogen and oxygen atoms in total. The van der Waals surface area contributed by atoms with Gasteiger partial charge >= 0.3 is 6.55 Å². The van der Waals surface area contributed by atoms with E-state index in [2.05, 4.69) is 15.5 Å². The second-order valence-corrected chi connectivity index (χ2v) is 4.17. The summed E-state index contributed by atoms with van der Waals surface area (Å²) >= 11 is 0. The Balaban J connectivity index is 0.00000180. The van der Waals surface area contributed by atoms with Crippen molar-refractivity contribution < 1.29 is 8.78 Å². The molecule has 0 atom stereocenters. The predicted molar refractivity (Wildman–Crippen MR) is 70.7 cm³/mol. The molecule has 2 aromatic rings. The summed E-state index contributed by atoms with van der Waals surface area (Å²) in [6.45, 7) is 1.95. The number of nitrogens with zero attached hydrogens (tertiary/aromatic N) is 4. The van der Waals surface area contributed by atoms with Crippen molar-refractivity contribution in [3.05, 3.63) is 30.2 Å². The van der Waals surface area contributed by atoms with E-state index in [1.54, 1.807) is 6.20 Å². The van der Waals surface area contributed by atoms with Gasteiger partial charge in [0.05, 0.1) is 12.2 Å². The lowest BCUT2D eigenvalue weighted by Gasteiger charge is -2.11. The second kappa shape index (κ2) is 6.51. The van der Waals surface area contributed by atoms with E-state index in [0.29, 0.717) is 17.0 Å². The average Bonchev–Trinajstić information content (AvgIpc) is 2.95. The SMILES string of the molecule is CC(C)n1nccc1CNc1ccn(C(F)F)n1.Cl. The van der Waals surface area contributed by atoms with Crippen molar-refractivity contribution in [3.63, 3.8) is 0 Å². The van der Waals surface area contributed by atoms with Crippen molar-refractivity contribution in [1.82, 2.24) is 19.6 Å². The molecule has 0 bridgehead atoms. The number of nitrogens with one attached hydrogen (secondary N) is 1. The number of hydrogen-bond donors (Lipinski definition) is 1. The lowest BCUT2D eigenvalue weighted by Crippen LogP contribution is -2.11. The predicted octanol–water partition coefficient (Wildman–Crippen LogP) is 3.09. The van der Waals surface area contributed by atoms with Gasteiger partial charge in [-0.15, -0.1) is 12.4 Å². The molecule has 2 rings (SSSR count). The van der Waals surface area contributed by atoms with Crippen LogP contribution in [0.4, 0.5) is 14.6 Å². The third kappa shape index (κ3) is 3.66. The highest BCUT2D eigenvalue weighted by Crippen LogP contribution is 2.13. The summed E-state index contributed by atoms with van der Waals surface area (Å²) in [5.74, 6) is 0.423. The van der Waals surface area contributed by atoms with Crippen LogP contribution in [0.2, 0.25) is 0 Å². The Hall–Kier alpha value is -1.63. The molecule has 0 aliphatic rings. The fraction of sp³-hybridized carbons (Fsp3) is 0.455. The van der Waals surface area contributed by atoms with E-state index in [1.165, 1.54) is 12.3 Å². The zero-order valence-corrected chi connectivity index (χ0v) is 11.4. The van der Waals surface area contributed by atoms with Crippen LogP contribution in [0.1, 0.15) is 32.1 Å². The number of anilines is 1. The van der Waals surface area contributed by atoms with E-state index in [-0.39, 0.29) is 18.4 Å². The molecule has 0 fully saturated rings. The Kier molecular flexibility index (Phi) is 5.29. The van der Waals surface area contributed by atoms with Gasteiger partial charge in [-0.3, -0.25) is 4.68 Å². The van der Waals surface area contributed by atoms with E-state index in [0.717, 1.165) is 5.69 Å². The molecule has 0 radical (unpaired) electrons. The second-order valence-electron chi connectivity index (χ2n) is 4.17. The van der Waals surface area contributed by atoms with Gasteiger partial charge in [-0.25, -0.2) is 4.68 Å². The molecule has 2 aromatic heterocycles. The van der Waals surface area contributed by atoms with Crippen LogP contribution in [0.3, 0.4) is 0 Å². The summed E-state index contributed by atoms with van der Waals surface area (Å²) in [6, 6.07) is 3.66. The summed E-state index contributed by atoms with van der Waals surface area (Å²) in [6.07, 6.45) is 2.96. The van der Waals surface area contributed by atoms with E-state index in [4.69, 9.17) is 0 Å². The van der Waals surface area contributed by atoms with Crippen molar-refractivity contribution in [2.24, 2.45) is 0 Å². The van der Waals surface area contributed by atoms with Crippen molar-refractivity contribution in [1.29, 1.82) is 0 Å². The summed E-state index contributed by atoms with van der Waals surface area (Å²) in [7, 11) is 0. The molecule has 0 spiro atoms. The van der Waals surface area contributed by atoms with Gasteiger partial charge in [-0.2, -0.15) is 19.0 Å². The monoisotopic (exact) mass is 291 g/mol. The van der Waals surface area contributed by atoms with Gasteiger partial charge in [0.25, 0.3) is 0 Å². The third-order valence-corrected chi connectivity index (χ3v) is 2.50. The maximum absolute atomic E-state index is 12.3. The van der Waals surface area contributed by atoms with Crippen LogP contribution in [0, 0.1) is 0 Å². The molecule has 19 heavy (non-hydrogen) atoms. The molecule has 0 aliphatic heterocycles. The highest BCUT2D eigenvalue weighted by Gasteiger charge is 2.09. The Morgan fingerprint density at radius 1 is 1.32 bits per heavy atom. The van der Waals surface area contributed by atoms with Gasteiger partial charge in [0.15, 0.2) is 0 Å². The van der Waals surface area contributed by atoms with E-state index >= 15 is 0 Å². The first-order chi connectivity index (χ1) is 8.58. The van der Waals surface area contributed by atoms with Crippen molar-refractivity contribution in [3.8, 4) is 0 Å². The maximum Gasteiger partial charge on any atom is 0.333 e. The van der Waals surface area contributed by atoms with Crippen molar-refractivity contribution in [2.45, 2.75) is 33.0 Å². The lowest BCUT2D eigenvalue weighted by molar-refractivity contribution is 0.0569. The molecule has 0 unspecified atom stereocenters. The highest BCUT2D eigenvalue weighted by atomic mass is 35.5. The number of aromatic nitrogens is 4. The molecule has 1 N–H and O–H groups in total. The Labute approximate surface area is 116 Å². The quantitative estimate of drug-likeness (QED) is 0.921. The van der Waals surface area contributed by atoms with Gasteiger partial charge in [-0.1, -0.05) is 0 Å². The Morgan fingerprint density at radius 3 is 2.63 bits per heavy atom. The topological polar surface area (TPSA) is 47.7 Å². The van der Waals surface area contributed by atoms with Gasteiger partial charge in [0, 0.05) is 24.5 Å². The Bertz CT molecular complexity index is 509. The first-order valence-electron chi connectivity index (χ1n) is 5.67. The van der Waals surface area contributed by atoms with Crippen LogP contribution >= 0.6 is 12.4 Å². The van der Waals surface area contributed by atoms with Crippen molar-refractivity contribution >= 4 is 18.2 Å². The van der Waals surface area contributed by atoms with E-state index in [1.807, 2.05) is 24.6 Å². The maximum atomic E-state index is 12.3. The molecule has 0 aliphatic carbocycles. The first kappa shape index (κ1) is 15.4. The van der Waals surface area contributed by atoms with Crippen LogP contribution in [-0.4, -0.2) is 19.6 Å². The number of alkyl halides is 2. The van der Waals surface area contributed by atoms with Crippen LogP contribution in [0.15, 0.2) is 24.5 Å². The molecule has 0 saturated heterocycles. The van der Waals surface area contributed by atoms with Crippen molar-refractivity contribution in [2.75, 3.05) is 5.32 Å². The smallest absolute Gasteiger partial charge is 0.333 e. The third-order valence-electron chi connectivity index (χ3n) is 2.50. The van der Waals surface area contributed by atoms with Gasteiger partial charge in [0.1, 0.15) is 5.82 Å². The van der Waals surface area contributed by atoms with Gasteiger partial charge in [-0.05, 0) is 19.9 Å². The minimum atomic E-state index is -2.61. The summed E-state index contributed by atoms with van der Waals surface area (Å²) in [4.78, 5) is 0. The molecular weight excluding hydrogens is 276 g/mol. The first-order valence-corrected chi connectivity index (χ1v) is 5.67. The van der Waals surface area contributed by atoms with Gasteiger partial charge < -0.3 is 5.32 Å². The molecular formula is C11H16ClF2N5. The molecule has 0 aromatic carbocycles. The minimum Gasteiger partial charge on any atom is -0.363 e. The largest absolute Gasteiger partial charge is 0.363 e. The van der Waals surface area contributed by atoms with Gasteiger partial charge in [0.2, 0.25) is 0 Å². The molecule has 106 valence electrons. The number of rotatable bonds is 5. The van der Waals surface area contributed by atoms with Crippen LogP contribution in [0.5, 0.6) is 0 Å². The number of halogens is 3. The lowest BCUT2D eigenvalue weighted by atomic mass is 10.3. The average molecular weight is 292 g/mol. The summed E-state index contributed by atoms with van der Waals surface area (Å²) in [5, 5.41) is 10.9. The molecule has 0 amide bonds. The molecule has 8 heteroatoms. The Morgan fingerprint density at radius 2 is 2.05 bits per heavy atom. The fourth-order valence-corrected chi connectivity index (χ4v) is 1.67. The minimum absolute atomic E-state index is 0. The fourth-order valence-electron chi connectivity index (χ4n) is 1.67. The van der Waals surface area contributed by atoms with Crippen LogP contribution in [-0.2, 0) is 6.54 Å². The summed E-state index contributed by atoms with van der Waals surface area (Å²) in [5.41, 5.74) is 0.983.